The first-order valence-corrected chi connectivity index (χ1v) is 9.87. The molecule has 144 valence electrons. The van der Waals surface area contributed by atoms with E-state index in [1.807, 2.05) is 12.1 Å². The summed E-state index contributed by atoms with van der Waals surface area (Å²) in [4.78, 5) is 8.93. The third-order valence-electron chi connectivity index (χ3n) is 6.30. The molecule has 3 N–H and O–H groups in total. The summed E-state index contributed by atoms with van der Waals surface area (Å²) in [5, 5.41) is 4.61. The highest BCUT2D eigenvalue weighted by Gasteiger charge is 2.51. The van der Waals surface area contributed by atoms with Gasteiger partial charge < -0.3 is 20.4 Å². The molecule has 6 nitrogen and oxygen atoms in total. The normalized spacial score (nSPS) is 27.1. The lowest BCUT2D eigenvalue weighted by Gasteiger charge is -2.32. The molecule has 0 bridgehead atoms. The van der Waals surface area contributed by atoms with Gasteiger partial charge in [0, 0.05) is 17.5 Å². The zero-order valence-electron chi connectivity index (χ0n) is 16.7. The van der Waals surface area contributed by atoms with Crippen LogP contribution in [0, 0.1) is 0 Å². The van der Waals surface area contributed by atoms with E-state index in [4.69, 9.17) is 15.0 Å². The van der Waals surface area contributed by atoms with Gasteiger partial charge >= 0.3 is 7.12 Å². The van der Waals surface area contributed by atoms with Crippen LogP contribution in [0.2, 0.25) is 0 Å². The fourth-order valence-electron chi connectivity index (χ4n) is 3.77. The molecular formula is C20H29BN4O2. The van der Waals surface area contributed by atoms with Crippen LogP contribution in [0.5, 0.6) is 0 Å². The Morgan fingerprint density at radius 3 is 2.37 bits per heavy atom. The molecule has 1 saturated heterocycles. The zero-order valence-corrected chi connectivity index (χ0v) is 16.7. The maximum atomic E-state index is 6.20. The van der Waals surface area contributed by atoms with Crippen molar-refractivity contribution in [2.24, 2.45) is 5.73 Å². The zero-order chi connectivity index (χ0) is 19.2. The smallest absolute Gasteiger partial charge is 0.399 e. The molecule has 7 heteroatoms. The van der Waals surface area contributed by atoms with E-state index in [1.165, 1.54) is 0 Å². The maximum absolute atomic E-state index is 6.20. The number of benzene rings is 1. The minimum Gasteiger partial charge on any atom is -0.399 e. The van der Waals surface area contributed by atoms with E-state index >= 15 is 0 Å². The van der Waals surface area contributed by atoms with Crippen molar-refractivity contribution in [1.29, 1.82) is 0 Å². The van der Waals surface area contributed by atoms with E-state index in [-0.39, 0.29) is 18.3 Å². The Hall–Kier alpha value is -1.70. The van der Waals surface area contributed by atoms with Gasteiger partial charge in [0.2, 0.25) is 0 Å². The van der Waals surface area contributed by atoms with Gasteiger partial charge in [-0.3, -0.25) is 0 Å². The molecule has 0 radical (unpaired) electrons. The summed E-state index contributed by atoms with van der Waals surface area (Å²) in [5.41, 5.74) is 7.22. The van der Waals surface area contributed by atoms with Crippen LogP contribution in [-0.4, -0.2) is 40.4 Å². The second-order valence-corrected chi connectivity index (χ2v) is 8.84. The number of anilines is 1. The van der Waals surface area contributed by atoms with Crippen molar-refractivity contribution in [2.75, 3.05) is 5.32 Å². The van der Waals surface area contributed by atoms with Crippen molar-refractivity contribution in [2.45, 2.75) is 76.7 Å². The summed E-state index contributed by atoms with van der Waals surface area (Å²) in [5.74, 6) is 0.874. The number of nitrogens with zero attached hydrogens (tertiary/aromatic N) is 2. The van der Waals surface area contributed by atoms with Crippen molar-refractivity contribution in [3.63, 3.8) is 0 Å². The average Bonchev–Trinajstić information content (AvgIpc) is 2.84. The highest BCUT2D eigenvalue weighted by Crippen LogP contribution is 2.36. The summed E-state index contributed by atoms with van der Waals surface area (Å²) >= 11 is 0. The molecule has 4 rings (SSSR count). The Balaban J connectivity index is 1.62. The van der Waals surface area contributed by atoms with Gasteiger partial charge in [-0.15, -0.1) is 0 Å². The van der Waals surface area contributed by atoms with Crippen LogP contribution in [-0.2, 0) is 9.31 Å². The average molecular weight is 368 g/mol. The van der Waals surface area contributed by atoms with Gasteiger partial charge in [0.15, 0.2) is 0 Å². The third-order valence-corrected chi connectivity index (χ3v) is 6.30. The quantitative estimate of drug-likeness (QED) is 0.811. The topological polar surface area (TPSA) is 82.3 Å². The Bertz CT molecular complexity index is 818. The minimum absolute atomic E-state index is 0.333. The molecule has 1 aromatic heterocycles. The fraction of sp³-hybridized carbons (Fsp3) is 0.600. The largest absolute Gasteiger partial charge is 0.494 e. The van der Waals surface area contributed by atoms with Crippen molar-refractivity contribution in [1.82, 2.24) is 9.97 Å². The van der Waals surface area contributed by atoms with Gasteiger partial charge in [-0.2, -0.15) is 0 Å². The van der Waals surface area contributed by atoms with E-state index < -0.39 is 0 Å². The Kier molecular flexibility index (Phi) is 4.65. The van der Waals surface area contributed by atoms with Gasteiger partial charge in [0.25, 0.3) is 0 Å². The number of hydrogen-bond donors (Lipinski definition) is 2. The summed E-state index contributed by atoms with van der Waals surface area (Å²) in [6.07, 6.45) is 5.88. The molecule has 27 heavy (non-hydrogen) atoms. The van der Waals surface area contributed by atoms with E-state index in [0.29, 0.717) is 12.1 Å². The van der Waals surface area contributed by atoms with E-state index in [9.17, 15) is 0 Å². The molecule has 1 aliphatic carbocycles. The van der Waals surface area contributed by atoms with Crippen LogP contribution in [0.1, 0.15) is 53.4 Å². The molecule has 1 saturated carbocycles. The lowest BCUT2D eigenvalue weighted by molar-refractivity contribution is 0.00578. The molecule has 2 fully saturated rings. The van der Waals surface area contributed by atoms with Gasteiger partial charge in [-0.1, -0.05) is 6.07 Å². The molecule has 0 atom stereocenters. The molecular weight excluding hydrogens is 339 g/mol. The van der Waals surface area contributed by atoms with Crippen LogP contribution >= 0.6 is 0 Å². The van der Waals surface area contributed by atoms with Gasteiger partial charge in [-0.25, -0.2) is 9.97 Å². The maximum Gasteiger partial charge on any atom is 0.494 e. The predicted molar refractivity (Wildman–Crippen MR) is 109 cm³/mol. The lowest BCUT2D eigenvalue weighted by atomic mass is 9.78. The summed E-state index contributed by atoms with van der Waals surface area (Å²) in [6, 6.07) is 6.87. The first-order valence-electron chi connectivity index (χ1n) is 9.87. The summed E-state index contributed by atoms with van der Waals surface area (Å²) < 4.78 is 12.4. The molecule has 1 aromatic carbocycles. The second-order valence-electron chi connectivity index (χ2n) is 8.84. The van der Waals surface area contributed by atoms with Crippen molar-refractivity contribution < 1.29 is 9.31 Å². The van der Waals surface area contributed by atoms with Crippen LogP contribution in [0.4, 0.5) is 5.82 Å². The number of aromatic nitrogens is 2. The van der Waals surface area contributed by atoms with Crippen molar-refractivity contribution in [3.05, 3.63) is 24.5 Å². The minimum atomic E-state index is -0.389. The number of hydrogen-bond acceptors (Lipinski definition) is 6. The monoisotopic (exact) mass is 368 g/mol. The van der Waals surface area contributed by atoms with E-state index in [0.717, 1.165) is 47.9 Å². The number of nitrogens with two attached hydrogens (primary N) is 1. The Morgan fingerprint density at radius 2 is 1.70 bits per heavy atom. The third kappa shape index (κ3) is 3.56. The highest BCUT2D eigenvalue weighted by molar-refractivity contribution is 6.62. The molecule has 1 aliphatic heterocycles. The van der Waals surface area contributed by atoms with Crippen LogP contribution in [0.25, 0.3) is 10.9 Å². The molecule has 0 amide bonds. The molecule has 0 unspecified atom stereocenters. The summed E-state index contributed by atoms with van der Waals surface area (Å²) in [6.45, 7) is 8.27. The Morgan fingerprint density at radius 1 is 1.04 bits per heavy atom. The Labute approximate surface area is 161 Å². The predicted octanol–water partition coefficient (Wildman–Crippen LogP) is 2.61. The number of nitrogens with one attached hydrogen (secondary N) is 1. The second kappa shape index (κ2) is 6.72. The van der Waals surface area contributed by atoms with Crippen molar-refractivity contribution in [3.8, 4) is 0 Å². The van der Waals surface area contributed by atoms with Gasteiger partial charge in [0.1, 0.15) is 12.1 Å². The van der Waals surface area contributed by atoms with Crippen molar-refractivity contribution >= 4 is 29.3 Å². The molecule has 2 aliphatic rings. The van der Waals surface area contributed by atoms with Crippen LogP contribution < -0.4 is 16.5 Å². The first kappa shape index (κ1) is 18.7. The highest BCUT2D eigenvalue weighted by atomic mass is 16.7. The number of rotatable bonds is 3. The standard InChI is InChI=1S/C20H29BN4O2/c1-19(2)20(3,4)27-21(26-19)13-5-10-17-16(11-13)18(24-12-23-17)25-15-8-6-14(22)7-9-15/h5,10-12,14-15H,6-9,22H2,1-4H3,(H,23,24,25)/t14-,15-. The van der Waals surface area contributed by atoms with E-state index in [1.54, 1.807) is 6.33 Å². The molecule has 2 aromatic rings. The van der Waals surface area contributed by atoms with E-state index in [2.05, 4.69) is 49.0 Å². The first-order chi connectivity index (χ1) is 12.7. The number of fused-ring (bicyclic) bond motifs is 1. The summed E-state index contributed by atoms with van der Waals surface area (Å²) in [7, 11) is -0.389. The molecule has 2 heterocycles. The molecule has 0 spiro atoms. The van der Waals surface area contributed by atoms with Crippen LogP contribution in [0.3, 0.4) is 0 Å². The van der Waals surface area contributed by atoms with Crippen LogP contribution in [0.15, 0.2) is 24.5 Å². The van der Waals surface area contributed by atoms with Gasteiger partial charge in [0.05, 0.1) is 16.7 Å². The van der Waals surface area contributed by atoms with Gasteiger partial charge in [-0.05, 0) is 71.0 Å². The SMILES string of the molecule is CC1(C)OB(c2ccc3ncnc(N[C@H]4CC[C@H](N)CC4)c3c2)OC1(C)C. The fourth-order valence-corrected chi connectivity index (χ4v) is 3.77. The lowest BCUT2D eigenvalue weighted by Crippen LogP contribution is -2.41.